The van der Waals surface area contributed by atoms with Crippen LogP contribution in [0.3, 0.4) is 0 Å². The third-order valence-electron chi connectivity index (χ3n) is 5.18. The molecule has 5 nitrogen and oxygen atoms in total. The summed E-state index contributed by atoms with van der Waals surface area (Å²) in [6.07, 6.45) is 4.45. The minimum absolute atomic E-state index is 0.0322. The highest BCUT2D eigenvalue weighted by Crippen LogP contribution is 2.27. The predicted octanol–water partition coefficient (Wildman–Crippen LogP) is 3.51. The highest BCUT2D eigenvalue weighted by molar-refractivity contribution is 5.98. The van der Waals surface area contributed by atoms with E-state index >= 15 is 0 Å². The van der Waals surface area contributed by atoms with Gasteiger partial charge in [-0.25, -0.2) is 0 Å². The fourth-order valence-electron chi connectivity index (χ4n) is 3.59. The minimum atomic E-state index is -0.102. The molecule has 0 unspecified atom stereocenters. The van der Waals surface area contributed by atoms with Crippen LogP contribution in [-0.2, 0) is 24.1 Å². The second-order valence-corrected chi connectivity index (χ2v) is 7.05. The van der Waals surface area contributed by atoms with Gasteiger partial charge in [0.25, 0.3) is 0 Å². The Morgan fingerprint density at radius 1 is 0.929 bits per heavy atom. The van der Waals surface area contributed by atoms with Crippen molar-refractivity contribution in [2.75, 3.05) is 20.8 Å². The number of ketones is 1. The molecule has 1 N–H and O–H groups in total. The Morgan fingerprint density at radius 2 is 1.71 bits per heavy atom. The van der Waals surface area contributed by atoms with Crippen molar-refractivity contribution in [2.45, 2.75) is 38.5 Å². The van der Waals surface area contributed by atoms with Crippen LogP contribution >= 0.6 is 0 Å². The van der Waals surface area contributed by atoms with Gasteiger partial charge in [-0.15, -0.1) is 0 Å². The average Bonchev–Trinajstić information content (AvgIpc) is 3.19. The van der Waals surface area contributed by atoms with E-state index < -0.39 is 0 Å². The van der Waals surface area contributed by atoms with Crippen molar-refractivity contribution in [2.24, 2.45) is 0 Å². The predicted molar refractivity (Wildman–Crippen MR) is 108 cm³/mol. The van der Waals surface area contributed by atoms with Crippen LogP contribution in [0, 0.1) is 0 Å². The first-order valence-corrected chi connectivity index (χ1v) is 9.73. The fraction of sp³-hybridized carbons (Fsp3) is 0.391. The topological polar surface area (TPSA) is 64.6 Å². The van der Waals surface area contributed by atoms with Gasteiger partial charge in [-0.1, -0.05) is 18.2 Å². The Morgan fingerprint density at radius 3 is 2.50 bits per heavy atom. The van der Waals surface area contributed by atoms with Crippen molar-refractivity contribution >= 4 is 11.7 Å². The lowest BCUT2D eigenvalue weighted by Crippen LogP contribution is -2.26. The number of hydrogen-bond acceptors (Lipinski definition) is 4. The lowest BCUT2D eigenvalue weighted by molar-refractivity contribution is -0.121. The number of rotatable bonds is 9. The number of carbonyl (C=O) groups is 2. The molecule has 0 fully saturated rings. The van der Waals surface area contributed by atoms with Crippen LogP contribution in [0.4, 0.5) is 0 Å². The lowest BCUT2D eigenvalue weighted by atomic mass is 10.0. The summed E-state index contributed by atoms with van der Waals surface area (Å²) in [5.41, 5.74) is 4.40. The summed E-state index contributed by atoms with van der Waals surface area (Å²) in [6.45, 7) is 0.515. The summed E-state index contributed by atoms with van der Waals surface area (Å²) >= 11 is 0. The number of carbonyl (C=O) groups excluding carboxylic acids is 2. The van der Waals surface area contributed by atoms with E-state index in [1.165, 1.54) is 11.1 Å². The molecule has 28 heavy (non-hydrogen) atoms. The van der Waals surface area contributed by atoms with Gasteiger partial charge in [-0.3, -0.25) is 9.59 Å². The number of benzene rings is 2. The molecule has 2 aromatic carbocycles. The van der Waals surface area contributed by atoms with Gasteiger partial charge in [0, 0.05) is 24.9 Å². The quantitative estimate of drug-likeness (QED) is 0.675. The zero-order valence-electron chi connectivity index (χ0n) is 16.5. The second kappa shape index (κ2) is 9.40. The van der Waals surface area contributed by atoms with Crippen molar-refractivity contribution < 1.29 is 19.1 Å². The summed E-state index contributed by atoms with van der Waals surface area (Å²) in [7, 11) is 3.20. The van der Waals surface area contributed by atoms with Crippen LogP contribution in [-0.4, -0.2) is 32.5 Å². The summed E-state index contributed by atoms with van der Waals surface area (Å²) in [4.78, 5) is 24.4. The zero-order chi connectivity index (χ0) is 19.9. The van der Waals surface area contributed by atoms with E-state index in [1.54, 1.807) is 14.2 Å². The lowest BCUT2D eigenvalue weighted by Gasteiger charge is -2.10. The monoisotopic (exact) mass is 381 g/mol. The number of ether oxygens (including phenoxy) is 2. The first-order valence-electron chi connectivity index (χ1n) is 9.73. The maximum Gasteiger partial charge on any atom is 0.220 e. The third-order valence-corrected chi connectivity index (χ3v) is 5.18. The first-order chi connectivity index (χ1) is 13.6. The molecule has 2 aromatic rings. The summed E-state index contributed by atoms with van der Waals surface area (Å²) in [5, 5.41) is 2.88. The largest absolute Gasteiger partial charge is 0.493 e. The molecular formula is C23H27NO4. The van der Waals surface area contributed by atoms with Crippen molar-refractivity contribution in [3.8, 4) is 11.5 Å². The maximum absolute atomic E-state index is 12.4. The Kier molecular flexibility index (Phi) is 6.69. The smallest absolute Gasteiger partial charge is 0.220 e. The molecule has 0 radical (unpaired) electrons. The molecule has 0 spiro atoms. The molecule has 1 aliphatic carbocycles. The second-order valence-electron chi connectivity index (χ2n) is 7.05. The van der Waals surface area contributed by atoms with Gasteiger partial charge in [0.2, 0.25) is 5.91 Å². The van der Waals surface area contributed by atoms with E-state index in [0.717, 1.165) is 30.4 Å². The molecule has 148 valence electrons. The molecule has 1 aliphatic rings. The number of hydrogen-bond donors (Lipinski definition) is 1. The molecule has 0 heterocycles. The van der Waals surface area contributed by atoms with Crippen molar-refractivity contribution in [3.63, 3.8) is 0 Å². The minimum Gasteiger partial charge on any atom is -0.493 e. The van der Waals surface area contributed by atoms with Crippen LogP contribution in [0.15, 0.2) is 36.4 Å². The van der Waals surface area contributed by atoms with E-state index in [-0.39, 0.29) is 24.5 Å². The van der Waals surface area contributed by atoms with E-state index in [4.69, 9.17) is 9.47 Å². The van der Waals surface area contributed by atoms with Crippen molar-refractivity contribution in [3.05, 3.63) is 58.7 Å². The molecule has 0 saturated heterocycles. The van der Waals surface area contributed by atoms with Gasteiger partial charge >= 0.3 is 0 Å². The summed E-state index contributed by atoms with van der Waals surface area (Å²) in [6, 6.07) is 11.7. The van der Waals surface area contributed by atoms with Crippen LogP contribution in [0.1, 0.15) is 46.3 Å². The van der Waals surface area contributed by atoms with E-state index in [9.17, 15) is 9.59 Å². The number of amides is 1. The number of Topliss-reactive ketones (excluding diaryl/α,β-unsaturated/α-hetero) is 1. The fourth-order valence-corrected chi connectivity index (χ4v) is 3.59. The third kappa shape index (κ3) is 4.91. The van der Waals surface area contributed by atoms with Gasteiger partial charge in [0.1, 0.15) is 0 Å². The number of nitrogens with one attached hydrogen (secondary N) is 1. The van der Waals surface area contributed by atoms with Gasteiger partial charge in [0.05, 0.1) is 14.2 Å². The highest BCUT2D eigenvalue weighted by Gasteiger charge is 2.15. The van der Waals surface area contributed by atoms with E-state index in [2.05, 4.69) is 11.4 Å². The molecule has 0 bridgehead atoms. The van der Waals surface area contributed by atoms with Crippen molar-refractivity contribution in [1.29, 1.82) is 0 Å². The van der Waals surface area contributed by atoms with E-state index in [0.29, 0.717) is 24.5 Å². The zero-order valence-corrected chi connectivity index (χ0v) is 16.5. The normalized spacial score (nSPS) is 12.4. The highest BCUT2D eigenvalue weighted by atomic mass is 16.5. The Labute approximate surface area is 166 Å². The number of fused-ring (bicyclic) bond motifs is 1. The Hall–Kier alpha value is -2.82. The average molecular weight is 381 g/mol. The van der Waals surface area contributed by atoms with Crippen LogP contribution < -0.4 is 14.8 Å². The first kappa shape index (κ1) is 19.9. The van der Waals surface area contributed by atoms with E-state index in [1.807, 2.05) is 30.3 Å². The van der Waals surface area contributed by atoms with Crippen LogP contribution in [0.25, 0.3) is 0 Å². The molecule has 1 amide bonds. The molecule has 3 rings (SSSR count). The number of methoxy groups -OCH3 is 2. The molecule has 0 aromatic heterocycles. The van der Waals surface area contributed by atoms with Crippen molar-refractivity contribution in [1.82, 2.24) is 5.32 Å². The summed E-state index contributed by atoms with van der Waals surface area (Å²) in [5.74, 6) is 1.28. The van der Waals surface area contributed by atoms with Gasteiger partial charge in [-0.05, 0) is 60.6 Å². The molecular weight excluding hydrogens is 354 g/mol. The standard InChI is InChI=1S/C23H27NO4/c1-27-21-10-6-16(14-22(21)28-2)12-13-24-23(26)11-9-20(25)19-8-7-17-4-3-5-18(17)15-19/h6-8,10,14-15H,3-5,9,11-13H2,1-2H3,(H,24,26). The van der Waals surface area contributed by atoms with Crippen LogP contribution in [0.5, 0.6) is 11.5 Å². The Balaban J connectivity index is 1.43. The maximum atomic E-state index is 12.4. The number of aryl methyl sites for hydroxylation is 2. The van der Waals surface area contributed by atoms with Gasteiger partial charge < -0.3 is 14.8 Å². The Bertz CT molecular complexity index is 860. The molecule has 0 aliphatic heterocycles. The molecule has 0 atom stereocenters. The van der Waals surface area contributed by atoms with Gasteiger partial charge in [0.15, 0.2) is 17.3 Å². The van der Waals surface area contributed by atoms with Gasteiger partial charge in [-0.2, -0.15) is 0 Å². The summed E-state index contributed by atoms with van der Waals surface area (Å²) < 4.78 is 10.5. The molecule has 0 saturated carbocycles. The van der Waals surface area contributed by atoms with Crippen LogP contribution in [0.2, 0.25) is 0 Å². The molecule has 5 heteroatoms. The SMILES string of the molecule is COc1ccc(CCNC(=O)CCC(=O)c2ccc3c(c2)CCC3)cc1OC.